The molecule has 3 heterocycles. The summed E-state index contributed by atoms with van der Waals surface area (Å²) in [5.41, 5.74) is 4.90. The number of thiophene rings is 1. The lowest BCUT2D eigenvalue weighted by Crippen LogP contribution is -1.98. The summed E-state index contributed by atoms with van der Waals surface area (Å²) in [6.45, 7) is 0. The largest absolute Gasteiger partial charge is 0.338 e. The van der Waals surface area contributed by atoms with Crippen molar-refractivity contribution in [2.24, 2.45) is 5.10 Å². The van der Waals surface area contributed by atoms with Crippen molar-refractivity contribution in [3.8, 4) is 0 Å². The first-order chi connectivity index (χ1) is 11.7. The minimum atomic E-state index is -0.438. The van der Waals surface area contributed by atoms with E-state index < -0.39 is 4.92 Å². The van der Waals surface area contributed by atoms with Crippen LogP contribution in [0.3, 0.4) is 0 Å². The Morgan fingerprint density at radius 3 is 2.96 bits per heavy atom. The topological polar surface area (TPSA) is 122 Å². The summed E-state index contributed by atoms with van der Waals surface area (Å²) < 4.78 is 0. The highest BCUT2D eigenvalue weighted by atomic mass is 32.1. The molecule has 0 aliphatic carbocycles. The van der Waals surface area contributed by atoms with Gasteiger partial charge in [-0.3, -0.25) is 10.1 Å². The Balaban J connectivity index is 1.56. The number of nitro groups is 1. The third-order valence-corrected chi connectivity index (χ3v) is 4.24. The van der Waals surface area contributed by atoms with Crippen LogP contribution in [0.15, 0.2) is 41.5 Å². The minimum absolute atomic E-state index is 0.0638. The number of para-hydroxylation sites is 1. The molecule has 4 rings (SSSR count). The molecular formula is C14H9N7O2S. The summed E-state index contributed by atoms with van der Waals surface area (Å²) in [7, 11) is 0. The van der Waals surface area contributed by atoms with Crippen molar-refractivity contribution in [1.29, 1.82) is 0 Å². The summed E-state index contributed by atoms with van der Waals surface area (Å²) in [5, 5.41) is 23.8. The fourth-order valence-electron chi connectivity index (χ4n) is 2.23. The number of rotatable bonds is 4. The number of benzene rings is 1. The summed E-state index contributed by atoms with van der Waals surface area (Å²) in [6.07, 6.45) is 1.47. The monoisotopic (exact) mass is 339 g/mol. The number of hydrogen-bond acceptors (Lipinski definition) is 8. The molecule has 118 valence electrons. The van der Waals surface area contributed by atoms with E-state index in [0.717, 1.165) is 22.2 Å². The average molecular weight is 339 g/mol. The summed E-state index contributed by atoms with van der Waals surface area (Å²) in [4.78, 5) is 18.3. The van der Waals surface area contributed by atoms with Gasteiger partial charge in [-0.15, -0.1) is 10.2 Å². The van der Waals surface area contributed by atoms with E-state index in [1.54, 1.807) is 6.07 Å². The van der Waals surface area contributed by atoms with E-state index in [0.29, 0.717) is 16.0 Å². The highest BCUT2D eigenvalue weighted by Crippen LogP contribution is 2.23. The Kier molecular flexibility index (Phi) is 3.35. The number of hydrogen-bond donors (Lipinski definition) is 2. The predicted octanol–water partition coefficient (Wildman–Crippen LogP) is 2.92. The van der Waals surface area contributed by atoms with Crippen LogP contribution < -0.4 is 5.43 Å². The molecule has 2 N–H and O–H groups in total. The molecule has 3 aromatic heterocycles. The molecule has 0 fully saturated rings. The standard InChI is InChI=1S/C14H9N7O2S/c22-21(23)11-6-5-8(24-11)7-15-19-14-17-13-12(18-20-14)9-3-1-2-4-10(9)16-13/h1-7H,(H2,16,17,19,20). The Bertz CT molecular complexity index is 1090. The molecule has 0 aliphatic heterocycles. The molecule has 0 saturated heterocycles. The van der Waals surface area contributed by atoms with Crippen LogP contribution in [0.1, 0.15) is 4.88 Å². The minimum Gasteiger partial charge on any atom is -0.338 e. The zero-order valence-corrected chi connectivity index (χ0v) is 12.8. The molecule has 24 heavy (non-hydrogen) atoms. The van der Waals surface area contributed by atoms with Crippen LogP contribution in [-0.2, 0) is 0 Å². The van der Waals surface area contributed by atoms with Crippen LogP contribution in [0.5, 0.6) is 0 Å². The van der Waals surface area contributed by atoms with Gasteiger partial charge in [-0.2, -0.15) is 10.1 Å². The molecule has 0 saturated carbocycles. The van der Waals surface area contributed by atoms with E-state index in [4.69, 9.17) is 0 Å². The van der Waals surface area contributed by atoms with Gasteiger partial charge in [0.05, 0.1) is 16.0 Å². The molecule has 0 bridgehead atoms. The van der Waals surface area contributed by atoms with Crippen LogP contribution in [-0.4, -0.2) is 31.3 Å². The quantitative estimate of drug-likeness (QED) is 0.335. The fourth-order valence-corrected chi connectivity index (χ4v) is 2.93. The molecule has 4 aromatic rings. The number of aromatic nitrogens is 4. The second kappa shape index (κ2) is 5.66. The molecule has 0 atom stereocenters. The smallest absolute Gasteiger partial charge is 0.324 e. The Morgan fingerprint density at radius 2 is 2.12 bits per heavy atom. The Morgan fingerprint density at radius 1 is 1.25 bits per heavy atom. The molecule has 0 aliphatic rings. The summed E-state index contributed by atoms with van der Waals surface area (Å²) in [6, 6.07) is 10.8. The zero-order valence-electron chi connectivity index (χ0n) is 12.0. The summed E-state index contributed by atoms with van der Waals surface area (Å²) >= 11 is 1.03. The maximum absolute atomic E-state index is 10.6. The normalized spacial score (nSPS) is 11.5. The van der Waals surface area contributed by atoms with Crippen molar-refractivity contribution in [3.05, 3.63) is 51.4 Å². The van der Waals surface area contributed by atoms with Gasteiger partial charge in [0.15, 0.2) is 5.65 Å². The third-order valence-electron chi connectivity index (χ3n) is 3.27. The molecule has 0 unspecified atom stereocenters. The number of fused-ring (bicyclic) bond motifs is 3. The number of aromatic amines is 1. The van der Waals surface area contributed by atoms with Crippen molar-refractivity contribution >= 4 is 50.6 Å². The van der Waals surface area contributed by atoms with Crippen molar-refractivity contribution < 1.29 is 4.92 Å². The van der Waals surface area contributed by atoms with Crippen LogP contribution in [0.25, 0.3) is 22.1 Å². The highest BCUT2D eigenvalue weighted by Gasteiger charge is 2.09. The van der Waals surface area contributed by atoms with E-state index >= 15 is 0 Å². The number of anilines is 1. The van der Waals surface area contributed by atoms with Gasteiger partial charge in [0.2, 0.25) is 0 Å². The second-order valence-corrected chi connectivity index (χ2v) is 5.90. The van der Waals surface area contributed by atoms with Crippen molar-refractivity contribution in [2.45, 2.75) is 0 Å². The number of H-pyrrole nitrogens is 1. The lowest BCUT2D eigenvalue weighted by molar-refractivity contribution is -0.380. The van der Waals surface area contributed by atoms with Crippen LogP contribution in [0.4, 0.5) is 10.9 Å². The summed E-state index contributed by atoms with van der Waals surface area (Å²) in [5.74, 6) is 0.233. The van der Waals surface area contributed by atoms with E-state index in [1.807, 2.05) is 24.3 Å². The van der Waals surface area contributed by atoms with Crippen molar-refractivity contribution in [1.82, 2.24) is 20.2 Å². The van der Waals surface area contributed by atoms with Crippen molar-refractivity contribution in [3.63, 3.8) is 0 Å². The maximum Gasteiger partial charge on any atom is 0.324 e. The fraction of sp³-hybridized carbons (Fsp3) is 0. The molecule has 1 aromatic carbocycles. The van der Waals surface area contributed by atoms with Gasteiger partial charge < -0.3 is 4.98 Å². The second-order valence-electron chi connectivity index (χ2n) is 4.81. The van der Waals surface area contributed by atoms with Gasteiger partial charge in [-0.25, -0.2) is 5.43 Å². The molecule has 0 radical (unpaired) electrons. The van der Waals surface area contributed by atoms with Gasteiger partial charge >= 0.3 is 5.00 Å². The van der Waals surface area contributed by atoms with Crippen molar-refractivity contribution in [2.75, 3.05) is 5.43 Å². The van der Waals surface area contributed by atoms with E-state index in [-0.39, 0.29) is 10.9 Å². The third kappa shape index (κ3) is 2.54. The zero-order chi connectivity index (χ0) is 16.5. The molecule has 0 amide bonds. The molecular weight excluding hydrogens is 330 g/mol. The predicted molar refractivity (Wildman–Crippen MR) is 91.4 cm³/mol. The van der Waals surface area contributed by atoms with Gasteiger partial charge in [0.1, 0.15) is 5.52 Å². The number of nitrogens with zero attached hydrogens (tertiary/aromatic N) is 5. The van der Waals surface area contributed by atoms with Crippen LogP contribution in [0.2, 0.25) is 0 Å². The molecule has 0 spiro atoms. The lowest BCUT2D eigenvalue weighted by Gasteiger charge is -1.96. The first-order valence-electron chi connectivity index (χ1n) is 6.85. The van der Waals surface area contributed by atoms with Gasteiger partial charge in [0.25, 0.3) is 5.95 Å². The van der Waals surface area contributed by atoms with Gasteiger partial charge in [-0.05, 0) is 12.1 Å². The first kappa shape index (κ1) is 14.2. The lowest BCUT2D eigenvalue weighted by atomic mass is 10.2. The molecule has 9 nitrogen and oxygen atoms in total. The maximum atomic E-state index is 10.6. The van der Waals surface area contributed by atoms with Gasteiger partial charge in [-0.1, -0.05) is 29.5 Å². The average Bonchev–Trinajstić information content (AvgIpc) is 3.19. The first-order valence-corrected chi connectivity index (χ1v) is 7.67. The highest BCUT2D eigenvalue weighted by molar-refractivity contribution is 7.16. The Labute approximate surface area is 138 Å². The van der Waals surface area contributed by atoms with Crippen LogP contribution >= 0.6 is 11.3 Å². The SMILES string of the molecule is O=[N+]([O-])c1ccc(C=NNc2nnc3c(n2)[nH]c2ccccc23)s1. The van der Waals surface area contributed by atoms with Crippen LogP contribution in [0, 0.1) is 10.1 Å². The van der Waals surface area contributed by atoms with Gasteiger partial charge in [0, 0.05) is 17.0 Å². The number of nitrogens with one attached hydrogen (secondary N) is 2. The van der Waals surface area contributed by atoms with E-state index in [2.05, 4.69) is 30.7 Å². The van der Waals surface area contributed by atoms with E-state index in [9.17, 15) is 10.1 Å². The molecule has 10 heteroatoms. The Hall–Kier alpha value is -3.40. The van der Waals surface area contributed by atoms with E-state index in [1.165, 1.54) is 12.3 Å². The number of hydrazone groups is 1.